The highest BCUT2D eigenvalue weighted by Crippen LogP contribution is 2.25. The van der Waals surface area contributed by atoms with Gasteiger partial charge >= 0.3 is 0 Å². The summed E-state index contributed by atoms with van der Waals surface area (Å²) in [5, 5.41) is 2.83. The summed E-state index contributed by atoms with van der Waals surface area (Å²) in [6, 6.07) is 10.4. The zero-order valence-electron chi connectivity index (χ0n) is 17.4. The molecular formula is C22H28N4O3. The SMILES string of the molecule is Cc1ncccc1C(=O)NC(C)C(=O)N1Cc2ccccc2OCC1CN(C)C. The Balaban J connectivity index is 1.79. The van der Waals surface area contributed by atoms with Crippen LogP contribution in [0, 0.1) is 6.92 Å². The highest BCUT2D eigenvalue weighted by molar-refractivity contribution is 5.98. The van der Waals surface area contributed by atoms with Crippen molar-refractivity contribution in [3.05, 3.63) is 59.4 Å². The molecule has 0 bridgehead atoms. The second kappa shape index (κ2) is 9.05. The average molecular weight is 396 g/mol. The topological polar surface area (TPSA) is 74.8 Å². The molecule has 2 amide bonds. The van der Waals surface area contributed by atoms with Crippen LogP contribution in [-0.4, -0.2) is 65.9 Å². The van der Waals surface area contributed by atoms with Gasteiger partial charge in [-0.1, -0.05) is 18.2 Å². The number of carbonyl (C=O) groups excluding carboxylic acids is 2. The molecule has 1 N–H and O–H groups in total. The molecule has 154 valence electrons. The number of likely N-dealkylation sites (N-methyl/N-ethyl adjacent to an activating group) is 1. The van der Waals surface area contributed by atoms with Crippen LogP contribution in [0.5, 0.6) is 5.75 Å². The Morgan fingerprint density at radius 2 is 2.03 bits per heavy atom. The first-order valence-corrected chi connectivity index (χ1v) is 9.75. The van der Waals surface area contributed by atoms with E-state index in [9.17, 15) is 9.59 Å². The third-order valence-electron chi connectivity index (χ3n) is 5.01. The highest BCUT2D eigenvalue weighted by atomic mass is 16.5. The first kappa shape index (κ1) is 20.8. The van der Waals surface area contributed by atoms with Gasteiger partial charge < -0.3 is 19.9 Å². The number of amides is 2. The van der Waals surface area contributed by atoms with Crippen molar-refractivity contribution in [2.45, 2.75) is 32.5 Å². The van der Waals surface area contributed by atoms with E-state index in [1.165, 1.54) is 0 Å². The lowest BCUT2D eigenvalue weighted by Gasteiger charge is -2.33. The molecule has 2 unspecified atom stereocenters. The Bertz CT molecular complexity index is 884. The van der Waals surface area contributed by atoms with Gasteiger partial charge in [-0.05, 0) is 46.1 Å². The van der Waals surface area contributed by atoms with Crippen molar-refractivity contribution in [1.29, 1.82) is 0 Å². The molecule has 29 heavy (non-hydrogen) atoms. The summed E-state index contributed by atoms with van der Waals surface area (Å²) in [5.74, 6) is 0.369. The summed E-state index contributed by atoms with van der Waals surface area (Å²) >= 11 is 0. The van der Waals surface area contributed by atoms with Gasteiger partial charge in [-0.25, -0.2) is 0 Å². The number of rotatable bonds is 5. The fraction of sp³-hybridized carbons (Fsp3) is 0.409. The lowest BCUT2D eigenvalue weighted by Crippen LogP contribution is -2.53. The number of nitrogens with one attached hydrogen (secondary N) is 1. The van der Waals surface area contributed by atoms with Crippen molar-refractivity contribution in [2.75, 3.05) is 27.2 Å². The Hall–Kier alpha value is -2.93. The second-order valence-corrected chi connectivity index (χ2v) is 7.63. The zero-order valence-corrected chi connectivity index (χ0v) is 17.4. The van der Waals surface area contributed by atoms with Gasteiger partial charge in [-0.3, -0.25) is 14.6 Å². The summed E-state index contributed by atoms with van der Waals surface area (Å²) in [4.78, 5) is 34.0. The molecule has 0 saturated heterocycles. The summed E-state index contributed by atoms with van der Waals surface area (Å²) in [7, 11) is 3.94. The third-order valence-corrected chi connectivity index (χ3v) is 5.01. The van der Waals surface area contributed by atoms with Gasteiger partial charge in [0.2, 0.25) is 5.91 Å². The number of pyridine rings is 1. The number of nitrogens with zero attached hydrogens (tertiary/aromatic N) is 3. The molecule has 0 saturated carbocycles. The highest BCUT2D eigenvalue weighted by Gasteiger charge is 2.32. The first-order chi connectivity index (χ1) is 13.9. The van der Waals surface area contributed by atoms with Crippen LogP contribution in [0.25, 0.3) is 0 Å². The van der Waals surface area contributed by atoms with E-state index in [2.05, 4.69) is 10.3 Å². The number of aromatic nitrogens is 1. The Kier molecular flexibility index (Phi) is 6.49. The first-order valence-electron chi connectivity index (χ1n) is 9.75. The monoisotopic (exact) mass is 396 g/mol. The van der Waals surface area contributed by atoms with Crippen LogP contribution in [0.3, 0.4) is 0 Å². The van der Waals surface area contributed by atoms with Gasteiger partial charge in [0.25, 0.3) is 5.91 Å². The fourth-order valence-corrected chi connectivity index (χ4v) is 3.50. The maximum atomic E-state index is 13.3. The molecule has 0 aliphatic carbocycles. The van der Waals surface area contributed by atoms with E-state index in [0.717, 1.165) is 11.3 Å². The molecule has 1 aromatic carbocycles. The van der Waals surface area contributed by atoms with Crippen LogP contribution in [-0.2, 0) is 11.3 Å². The largest absolute Gasteiger partial charge is 0.491 e. The van der Waals surface area contributed by atoms with E-state index in [-0.39, 0.29) is 17.9 Å². The van der Waals surface area contributed by atoms with Crippen LogP contribution >= 0.6 is 0 Å². The number of hydrogen-bond donors (Lipinski definition) is 1. The van der Waals surface area contributed by atoms with Gasteiger partial charge in [0.15, 0.2) is 0 Å². The van der Waals surface area contributed by atoms with Gasteiger partial charge in [0.05, 0.1) is 11.6 Å². The second-order valence-electron chi connectivity index (χ2n) is 7.63. The third kappa shape index (κ3) is 4.92. The molecule has 7 heteroatoms. The molecule has 2 heterocycles. The molecule has 1 aliphatic rings. The zero-order chi connectivity index (χ0) is 21.0. The number of ether oxygens (including phenoxy) is 1. The van der Waals surface area contributed by atoms with Crippen LogP contribution in [0.4, 0.5) is 0 Å². The predicted octanol–water partition coefficient (Wildman–Crippen LogP) is 1.86. The fourth-order valence-electron chi connectivity index (χ4n) is 3.50. The molecule has 1 aromatic heterocycles. The van der Waals surface area contributed by atoms with E-state index in [0.29, 0.717) is 31.0 Å². The van der Waals surface area contributed by atoms with E-state index in [1.54, 1.807) is 32.2 Å². The molecule has 2 atom stereocenters. The minimum Gasteiger partial charge on any atom is -0.491 e. The van der Waals surface area contributed by atoms with Crippen molar-refractivity contribution < 1.29 is 14.3 Å². The lowest BCUT2D eigenvalue weighted by atomic mass is 10.1. The maximum absolute atomic E-state index is 13.3. The molecule has 0 radical (unpaired) electrons. The maximum Gasteiger partial charge on any atom is 0.253 e. The predicted molar refractivity (Wildman–Crippen MR) is 111 cm³/mol. The summed E-state index contributed by atoms with van der Waals surface area (Å²) in [6.45, 7) is 5.01. The molecule has 0 spiro atoms. The van der Waals surface area contributed by atoms with E-state index in [4.69, 9.17) is 4.74 Å². The van der Waals surface area contributed by atoms with Gasteiger partial charge in [0.1, 0.15) is 18.4 Å². The quantitative estimate of drug-likeness (QED) is 0.835. The minimum atomic E-state index is -0.669. The number of fused-ring (bicyclic) bond motifs is 1. The molecule has 2 aromatic rings. The number of aryl methyl sites for hydroxylation is 1. The Morgan fingerprint density at radius 1 is 1.28 bits per heavy atom. The summed E-state index contributed by atoms with van der Waals surface area (Å²) < 4.78 is 5.97. The molecule has 0 fully saturated rings. The number of benzene rings is 1. The van der Waals surface area contributed by atoms with Crippen molar-refractivity contribution in [1.82, 2.24) is 20.1 Å². The molecule has 3 rings (SSSR count). The van der Waals surface area contributed by atoms with E-state index < -0.39 is 6.04 Å². The standard InChI is InChI=1S/C22H28N4O3/c1-15-19(9-7-11-23-15)21(27)24-16(2)22(28)26-12-17-8-5-6-10-20(17)29-14-18(26)13-25(3)4/h5-11,16,18H,12-14H2,1-4H3,(H,24,27). The average Bonchev–Trinajstić information content (AvgIpc) is 2.87. The van der Waals surface area contributed by atoms with Gasteiger partial charge in [-0.2, -0.15) is 0 Å². The number of hydrogen-bond acceptors (Lipinski definition) is 5. The lowest BCUT2D eigenvalue weighted by molar-refractivity contribution is -0.136. The number of para-hydroxylation sites is 1. The van der Waals surface area contributed by atoms with Crippen LogP contribution in [0.2, 0.25) is 0 Å². The minimum absolute atomic E-state index is 0.121. The molecule has 1 aliphatic heterocycles. The van der Waals surface area contributed by atoms with Gasteiger partial charge in [0, 0.05) is 30.5 Å². The van der Waals surface area contributed by atoms with Crippen LogP contribution in [0.1, 0.15) is 28.5 Å². The van der Waals surface area contributed by atoms with Crippen molar-refractivity contribution >= 4 is 11.8 Å². The van der Waals surface area contributed by atoms with Crippen molar-refractivity contribution in [2.24, 2.45) is 0 Å². The van der Waals surface area contributed by atoms with Gasteiger partial charge in [-0.15, -0.1) is 0 Å². The number of carbonyl (C=O) groups is 2. The Labute approximate surface area is 171 Å². The van der Waals surface area contributed by atoms with Crippen LogP contribution in [0.15, 0.2) is 42.6 Å². The van der Waals surface area contributed by atoms with E-state index in [1.807, 2.05) is 48.2 Å². The van der Waals surface area contributed by atoms with Crippen molar-refractivity contribution in [3.8, 4) is 5.75 Å². The molecule has 7 nitrogen and oxygen atoms in total. The summed E-state index contributed by atoms with van der Waals surface area (Å²) in [5.41, 5.74) is 2.07. The normalized spacial score (nSPS) is 17.1. The van der Waals surface area contributed by atoms with Crippen LogP contribution < -0.4 is 10.1 Å². The summed E-state index contributed by atoms with van der Waals surface area (Å²) in [6.07, 6.45) is 1.64. The smallest absolute Gasteiger partial charge is 0.253 e. The molecular weight excluding hydrogens is 368 g/mol. The van der Waals surface area contributed by atoms with E-state index >= 15 is 0 Å². The Morgan fingerprint density at radius 3 is 2.76 bits per heavy atom. The van der Waals surface area contributed by atoms with Crippen molar-refractivity contribution in [3.63, 3.8) is 0 Å².